The van der Waals surface area contributed by atoms with Gasteiger partial charge in [-0.2, -0.15) is 0 Å². The predicted octanol–water partition coefficient (Wildman–Crippen LogP) is 2.38. The molecule has 0 spiro atoms. The van der Waals surface area contributed by atoms with Gasteiger partial charge in [0.25, 0.3) is 0 Å². The molecule has 1 atom stereocenters. The number of nitrogens with zero attached hydrogens (tertiary/aromatic N) is 4. The molecule has 1 saturated heterocycles. The fraction of sp³-hybridized carbons (Fsp3) is 0.500. The summed E-state index contributed by atoms with van der Waals surface area (Å²) in [5.41, 5.74) is 7.39. The summed E-state index contributed by atoms with van der Waals surface area (Å²) in [5, 5.41) is 0.758. The number of nitrogens with two attached hydrogens (primary N) is 1. The first-order chi connectivity index (χ1) is 13.4. The molecule has 1 aliphatic heterocycles. The molecule has 3 rings (SSSR count). The maximum Gasteiger partial charge on any atom is 0.240 e. The third kappa shape index (κ3) is 4.16. The van der Waals surface area contributed by atoms with E-state index < -0.39 is 11.9 Å². The van der Waals surface area contributed by atoms with E-state index in [0.29, 0.717) is 13.0 Å². The van der Waals surface area contributed by atoms with Crippen molar-refractivity contribution in [2.75, 3.05) is 24.5 Å². The number of likely N-dealkylation sites (tertiary alicyclic amines) is 1. The standard InChI is InChI=1S/C20H27N5O2S/c1-4-24(5-2)16-11-14(8-9-22-16)19-13(3)23-17(28-19)12-18(26)25-10-6-7-15(25)20(21)27/h8-9,11,15H,4-7,10,12H2,1-3H3,(H2,21,27)/t15-/m0/s1. The molecule has 0 saturated carbocycles. The van der Waals surface area contributed by atoms with Gasteiger partial charge in [-0.25, -0.2) is 9.97 Å². The lowest BCUT2D eigenvalue weighted by Crippen LogP contribution is -2.44. The van der Waals surface area contributed by atoms with Crippen molar-refractivity contribution >= 4 is 29.0 Å². The minimum atomic E-state index is -0.482. The van der Waals surface area contributed by atoms with E-state index in [1.165, 1.54) is 11.3 Å². The largest absolute Gasteiger partial charge is 0.368 e. The molecule has 28 heavy (non-hydrogen) atoms. The zero-order valence-corrected chi connectivity index (χ0v) is 17.5. The van der Waals surface area contributed by atoms with Crippen LogP contribution in [0.25, 0.3) is 10.4 Å². The number of primary amides is 1. The molecule has 2 aromatic heterocycles. The van der Waals surface area contributed by atoms with Crippen LogP contribution in [0, 0.1) is 6.92 Å². The number of carbonyl (C=O) groups is 2. The Balaban J connectivity index is 1.79. The molecule has 0 aliphatic carbocycles. The number of anilines is 1. The molecule has 0 bridgehead atoms. The number of aryl methyl sites for hydroxylation is 1. The van der Waals surface area contributed by atoms with Gasteiger partial charge in [0, 0.05) is 25.8 Å². The highest BCUT2D eigenvalue weighted by molar-refractivity contribution is 7.15. The first kappa shape index (κ1) is 20.3. The van der Waals surface area contributed by atoms with Crippen LogP contribution in [-0.4, -0.2) is 52.4 Å². The molecular weight excluding hydrogens is 374 g/mol. The summed E-state index contributed by atoms with van der Waals surface area (Å²) >= 11 is 1.52. The van der Waals surface area contributed by atoms with Crippen molar-refractivity contribution in [1.29, 1.82) is 0 Å². The van der Waals surface area contributed by atoms with E-state index in [1.807, 2.05) is 19.2 Å². The fourth-order valence-electron chi connectivity index (χ4n) is 3.67. The summed E-state index contributed by atoms with van der Waals surface area (Å²) in [6, 6.07) is 3.57. The Labute approximate surface area is 169 Å². The van der Waals surface area contributed by atoms with E-state index in [2.05, 4.69) is 34.8 Å². The first-order valence-electron chi connectivity index (χ1n) is 9.71. The number of carbonyl (C=O) groups excluding carboxylic acids is 2. The van der Waals surface area contributed by atoms with Crippen LogP contribution in [-0.2, 0) is 16.0 Å². The molecule has 2 N–H and O–H groups in total. The van der Waals surface area contributed by atoms with Crippen molar-refractivity contribution in [3.05, 3.63) is 29.0 Å². The average Bonchev–Trinajstić information content (AvgIpc) is 3.30. The second kappa shape index (κ2) is 8.68. The normalized spacial score (nSPS) is 16.4. The van der Waals surface area contributed by atoms with Gasteiger partial charge in [0.05, 0.1) is 17.0 Å². The lowest BCUT2D eigenvalue weighted by Gasteiger charge is -2.21. The van der Waals surface area contributed by atoms with E-state index in [1.54, 1.807) is 4.90 Å². The Morgan fingerprint density at radius 1 is 1.36 bits per heavy atom. The van der Waals surface area contributed by atoms with Crippen LogP contribution < -0.4 is 10.6 Å². The number of aromatic nitrogens is 2. The Kier molecular flexibility index (Phi) is 6.28. The lowest BCUT2D eigenvalue weighted by atomic mass is 10.2. The maximum atomic E-state index is 12.7. The van der Waals surface area contributed by atoms with Crippen LogP contribution in [0.3, 0.4) is 0 Å². The maximum absolute atomic E-state index is 12.7. The second-order valence-corrected chi connectivity index (χ2v) is 8.01. The number of rotatable bonds is 7. The molecule has 7 nitrogen and oxygen atoms in total. The van der Waals surface area contributed by atoms with E-state index in [-0.39, 0.29) is 12.3 Å². The molecule has 0 aromatic carbocycles. The highest BCUT2D eigenvalue weighted by Gasteiger charge is 2.32. The number of amides is 2. The Morgan fingerprint density at radius 2 is 2.11 bits per heavy atom. The number of thiazole rings is 1. The van der Waals surface area contributed by atoms with Crippen molar-refractivity contribution in [1.82, 2.24) is 14.9 Å². The summed E-state index contributed by atoms with van der Waals surface area (Å²) in [6.45, 7) is 8.55. The van der Waals surface area contributed by atoms with Gasteiger partial charge >= 0.3 is 0 Å². The molecule has 8 heteroatoms. The zero-order chi connectivity index (χ0) is 20.3. The summed E-state index contributed by atoms with van der Waals surface area (Å²) in [6.07, 6.45) is 3.47. The van der Waals surface area contributed by atoms with Crippen molar-refractivity contribution < 1.29 is 9.59 Å². The van der Waals surface area contributed by atoms with Gasteiger partial charge in [0.2, 0.25) is 11.8 Å². The minimum Gasteiger partial charge on any atom is -0.368 e. The minimum absolute atomic E-state index is 0.0832. The molecule has 0 radical (unpaired) electrons. The van der Waals surface area contributed by atoms with Crippen molar-refractivity contribution in [3.8, 4) is 10.4 Å². The van der Waals surface area contributed by atoms with Gasteiger partial charge in [-0.1, -0.05) is 0 Å². The quantitative estimate of drug-likeness (QED) is 0.769. The van der Waals surface area contributed by atoms with Crippen LogP contribution in [0.2, 0.25) is 0 Å². The summed E-state index contributed by atoms with van der Waals surface area (Å²) in [4.78, 5) is 38.2. The SMILES string of the molecule is CCN(CC)c1cc(-c2sc(CC(=O)N3CCC[C@H]3C(N)=O)nc2C)ccn1. The molecule has 150 valence electrons. The predicted molar refractivity (Wildman–Crippen MR) is 111 cm³/mol. The first-order valence-corrected chi connectivity index (χ1v) is 10.5. The van der Waals surface area contributed by atoms with Crippen LogP contribution in [0.15, 0.2) is 18.3 Å². The average molecular weight is 402 g/mol. The topological polar surface area (TPSA) is 92.4 Å². The summed E-state index contributed by atoms with van der Waals surface area (Å²) in [5.74, 6) is 0.428. The van der Waals surface area contributed by atoms with E-state index >= 15 is 0 Å². The molecular formula is C20H27N5O2S. The van der Waals surface area contributed by atoms with Gasteiger partial charge < -0.3 is 15.5 Å². The smallest absolute Gasteiger partial charge is 0.240 e. The van der Waals surface area contributed by atoms with E-state index in [4.69, 9.17) is 5.73 Å². The number of pyridine rings is 1. The van der Waals surface area contributed by atoms with Crippen molar-refractivity contribution in [2.45, 2.75) is 46.1 Å². The Bertz CT molecular complexity index is 862. The fourth-order valence-corrected chi connectivity index (χ4v) is 4.72. The van der Waals surface area contributed by atoms with Gasteiger partial charge in [0.1, 0.15) is 16.9 Å². The highest BCUT2D eigenvalue weighted by atomic mass is 32.1. The van der Waals surface area contributed by atoms with E-state index in [9.17, 15) is 9.59 Å². The number of hydrogen-bond acceptors (Lipinski definition) is 6. The summed E-state index contributed by atoms with van der Waals surface area (Å²) in [7, 11) is 0. The van der Waals surface area contributed by atoms with Gasteiger partial charge in [-0.05, 0) is 51.3 Å². The lowest BCUT2D eigenvalue weighted by molar-refractivity contribution is -0.136. The van der Waals surface area contributed by atoms with Gasteiger partial charge in [-0.3, -0.25) is 9.59 Å². The molecule has 2 aromatic rings. The monoisotopic (exact) mass is 401 g/mol. The second-order valence-electron chi connectivity index (χ2n) is 6.92. The molecule has 3 heterocycles. The van der Waals surface area contributed by atoms with Crippen LogP contribution in [0.5, 0.6) is 0 Å². The molecule has 1 fully saturated rings. The third-order valence-corrected chi connectivity index (χ3v) is 6.35. The van der Waals surface area contributed by atoms with Gasteiger partial charge in [0.15, 0.2) is 0 Å². The Hall–Kier alpha value is -2.48. The molecule has 0 unspecified atom stereocenters. The van der Waals surface area contributed by atoms with E-state index in [0.717, 1.165) is 46.5 Å². The van der Waals surface area contributed by atoms with Crippen LogP contribution in [0.4, 0.5) is 5.82 Å². The third-order valence-electron chi connectivity index (χ3n) is 5.14. The molecule has 2 amide bonds. The summed E-state index contributed by atoms with van der Waals surface area (Å²) < 4.78 is 0. The molecule has 1 aliphatic rings. The zero-order valence-electron chi connectivity index (χ0n) is 16.6. The van der Waals surface area contributed by atoms with Gasteiger partial charge in [-0.15, -0.1) is 11.3 Å². The van der Waals surface area contributed by atoms with Crippen LogP contribution >= 0.6 is 11.3 Å². The highest BCUT2D eigenvalue weighted by Crippen LogP contribution is 2.32. The number of hydrogen-bond donors (Lipinski definition) is 1. The Morgan fingerprint density at radius 3 is 2.79 bits per heavy atom. The van der Waals surface area contributed by atoms with Crippen molar-refractivity contribution in [2.24, 2.45) is 5.73 Å². The van der Waals surface area contributed by atoms with Crippen LogP contribution in [0.1, 0.15) is 37.4 Å². The van der Waals surface area contributed by atoms with Crippen molar-refractivity contribution in [3.63, 3.8) is 0 Å².